The number of nitrogens with one attached hydrogen (secondary N) is 2. The molecule has 0 atom stereocenters. The van der Waals surface area contributed by atoms with Gasteiger partial charge in [0.25, 0.3) is 10.2 Å². The molecule has 13 heavy (non-hydrogen) atoms. The molecule has 0 radical (unpaired) electrons. The zero-order chi connectivity index (χ0) is 10.9. The molecule has 0 fully saturated rings. The molecule has 6 nitrogen and oxygen atoms in total. The fourth-order valence-electron chi connectivity index (χ4n) is 0.233. The normalized spacial score (nSPS) is 14.5. The van der Waals surface area contributed by atoms with Crippen LogP contribution in [0.2, 0.25) is 0 Å². The van der Waals surface area contributed by atoms with Gasteiger partial charge in [-0.15, -0.1) is 0 Å². The monoisotopic (exact) mass is 242 g/mol. The van der Waals surface area contributed by atoms with E-state index in [4.69, 9.17) is 0 Å². The highest BCUT2D eigenvalue weighted by molar-refractivity contribution is 8.04. The van der Waals surface area contributed by atoms with Crippen LogP contribution in [0.25, 0.3) is 0 Å². The number of sulfonamides is 1. The second-order valence-corrected chi connectivity index (χ2v) is 5.29. The molecule has 0 aromatic rings. The predicted molar refractivity (Wildman–Crippen MR) is 36.1 cm³/mol. The third-order valence-electron chi connectivity index (χ3n) is 0.793. The molecule has 0 unspecified atom stereocenters. The molecular formula is C2H5F3N2O4S2. The number of hydrogen-bond donors (Lipinski definition) is 2. The highest BCUT2D eigenvalue weighted by atomic mass is 32.3. The molecule has 0 aliphatic heterocycles. The minimum Gasteiger partial charge on any atom is -0.205 e. The first-order valence-electron chi connectivity index (χ1n) is 2.55. The molecule has 0 saturated carbocycles. The van der Waals surface area contributed by atoms with Crippen molar-refractivity contribution in [2.24, 2.45) is 0 Å². The standard InChI is InChI=1S/C2H5F3N2O4S2/c1-6-13(10,11)7-12(8,9)2(3,4)5/h6-7H,1H3. The van der Waals surface area contributed by atoms with Crippen LogP contribution in [0.4, 0.5) is 13.2 Å². The highest BCUT2D eigenvalue weighted by Crippen LogP contribution is 2.21. The van der Waals surface area contributed by atoms with E-state index < -0.39 is 25.7 Å². The lowest BCUT2D eigenvalue weighted by Gasteiger charge is -2.08. The summed E-state index contributed by atoms with van der Waals surface area (Å²) in [6.07, 6.45) is 0. The van der Waals surface area contributed by atoms with Gasteiger partial charge >= 0.3 is 15.5 Å². The van der Waals surface area contributed by atoms with Crippen LogP contribution >= 0.6 is 0 Å². The minimum absolute atomic E-state index is 0.431. The summed E-state index contributed by atoms with van der Waals surface area (Å²) in [5.41, 5.74) is -5.66. The van der Waals surface area contributed by atoms with Crippen LogP contribution in [0.5, 0.6) is 0 Å². The van der Waals surface area contributed by atoms with Crippen LogP contribution in [0.1, 0.15) is 0 Å². The van der Waals surface area contributed by atoms with E-state index in [9.17, 15) is 30.0 Å². The van der Waals surface area contributed by atoms with Gasteiger partial charge in [-0.2, -0.15) is 21.6 Å². The van der Waals surface area contributed by atoms with Gasteiger partial charge in [-0.1, -0.05) is 4.13 Å². The van der Waals surface area contributed by atoms with Gasteiger partial charge in [-0.05, 0) is 0 Å². The first kappa shape index (κ1) is 12.6. The summed E-state index contributed by atoms with van der Waals surface area (Å²) < 4.78 is 77.5. The van der Waals surface area contributed by atoms with Gasteiger partial charge in [0.05, 0.1) is 0 Å². The zero-order valence-electron chi connectivity index (χ0n) is 6.08. The van der Waals surface area contributed by atoms with Crippen molar-refractivity contribution >= 4 is 20.2 Å². The van der Waals surface area contributed by atoms with Crippen LogP contribution in [0, 0.1) is 0 Å². The van der Waals surface area contributed by atoms with Crippen LogP contribution in [-0.2, 0) is 20.2 Å². The van der Waals surface area contributed by atoms with Crippen LogP contribution in [0.15, 0.2) is 0 Å². The topological polar surface area (TPSA) is 92.3 Å². The Morgan fingerprint density at radius 3 is 1.69 bits per heavy atom. The van der Waals surface area contributed by atoms with E-state index in [1.807, 2.05) is 0 Å². The molecule has 0 heterocycles. The molecule has 80 valence electrons. The molecule has 0 spiro atoms. The largest absolute Gasteiger partial charge is 0.512 e. The van der Waals surface area contributed by atoms with E-state index in [1.165, 1.54) is 4.72 Å². The molecule has 0 rings (SSSR count). The van der Waals surface area contributed by atoms with E-state index >= 15 is 0 Å². The van der Waals surface area contributed by atoms with Crippen molar-refractivity contribution in [3.05, 3.63) is 0 Å². The molecule has 0 aliphatic rings. The number of rotatable bonds is 3. The van der Waals surface area contributed by atoms with Crippen LogP contribution in [0.3, 0.4) is 0 Å². The fraction of sp³-hybridized carbons (Fsp3) is 1.00. The number of halogens is 3. The molecule has 2 N–H and O–H groups in total. The Labute approximate surface area is 72.4 Å². The second-order valence-electron chi connectivity index (χ2n) is 1.74. The molecule has 11 heteroatoms. The summed E-state index contributed by atoms with van der Waals surface area (Å²) in [5, 5.41) is 0. The number of alkyl halides is 3. The van der Waals surface area contributed by atoms with Gasteiger partial charge in [0, 0.05) is 7.05 Å². The molecule has 0 bridgehead atoms. The van der Waals surface area contributed by atoms with E-state index in [0.717, 1.165) is 7.05 Å². The van der Waals surface area contributed by atoms with E-state index in [1.54, 1.807) is 0 Å². The van der Waals surface area contributed by atoms with Gasteiger partial charge < -0.3 is 0 Å². The van der Waals surface area contributed by atoms with Gasteiger partial charge in [0.1, 0.15) is 0 Å². The van der Waals surface area contributed by atoms with Crippen molar-refractivity contribution in [1.29, 1.82) is 0 Å². The van der Waals surface area contributed by atoms with Gasteiger partial charge in [0.15, 0.2) is 0 Å². The molecule has 0 amide bonds. The van der Waals surface area contributed by atoms with Crippen molar-refractivity contribution in [3.63, 3.8) is 0 Å². The maximum atomic E-state index is 11.6. The molecule has 0 aromatic heterocycles. The third kappa shape index (κ3) is 3.46. The summed E-state index contributed by atoms with van der Waals surface area (Å²) in [6, 6.07) is 0. The lowest BCUT2D eigenvalue weighted by atomic mass is 11.6. The van der Waals surface area contributed by atoms with Gasteiger partial charge in [-0.3, -0.25) is 0 Å². The van der Waals surface area contributed by atoms with Crippen molar-refractivity contribution in [2.75, 3.05) is 7.05 Å². The average Bonchev–Trinajstić information content (AvgIpc) is 1.83. The Morgan fingerprint density at radius 1 is 1.08 bits per heavy atom. The maximum Gasteiger partial charge on any atom is 0.512 e. The first-order chi connectivity index (χ1) is 5.52. The SMILES string of the molecule is CNS(=O)(=O)NS(=O)(=O)C(F)(F)F. The summed E-state index contributed by atoms with van der Waals surface area (Å²) in [5.74, 6) is 0. The highest BCUT2D eigenvalue weighted by Gasteiger charge is 2.48. The first-order valence-corrected chi connectivity index (χ1v) is 5.52. The Morgan fingerprint density at radius 2 is 1.46 bits per heavy atom. The van der Waals surface area contributed by atoms with Crippen molar-refractivity contribution in [2.45, 2.75) is 5.51 Å². The Balaban J connectivity index is 4.97. The summed E-state index contributed by atoms with van der Waals surface area (Å²) >= 11 is 0. The Kier molecular flexibility index (Phi) is 3.30. The maximum absolute atomic E-state index is 11.6. The average molecular weight is 242 g/mol. The van der Waals surface area contributed by atoms with E-state index in [2.05, 4.69) is 0 Å². The molecule has 0 aromatic carbocycles. The lowest BCUT2D eigenvalue weighted by Crippen LogP contribution is -2.44. The fourth-order valence-corrected chi connectivity index (χ4v) is 2.10. The lowest BCUT2D eigenvalue weighted by molar-refractivity contribution is -0.0441. The Bertz CT molecular complexity index is 367. The van der Waals surface area contributed by atoms with E-state index in [-0.39, 0.29) is 0 Å². The molecular weight excluding hydrogens is 237 g/mol. The molecule has 0 aliphatic carbocycles. The van der Waals surface area contributed by atoms with Gasteiger partial charge in [0.2, 0.25) is 0 Å². The van der Waals surface area contributed by atoms with Crippen LogP contribution in [-0.4, -0.2) is 29.4 Å². The van der Waals surface area contributed by atoms with Crippen LogP contribution < -0.4 is 8.85 Å². The van der Waals surface area contributed by atoms with Gasteiger partial charge in [-0.25, -0.2) is 13.1 Å². The predicted octanol–water partition coefficient (Wildman–Crippen LogP) is -1.11. The molecule has 0 saturated heterocycles. The quantitative estimate of drug-likeness (QED) is 0.656. The summed E-state index contributed by atoms with van der Waals surface area (Å²) in [7, 11) is -9.78. The van der Waals surface area contributed by atoms with Crippen molar-refractivity contribution in [3.8, 4) is 0 Å². The minimum atomic E-state index is -5.87. The number of hydrogen-bond acceptors (Lipinski definition) is 4. The third-order valence-corrected chi connectivity index (χ3v) is 3.70. The second kappa shape index (κ2) is 3.40. The smallest absolute Gasteiger partial charge is 0.205 e. The summed E-state index contributed by atoms with van der Waals surface area (Å²) in [6.45, 7) is 0. The van der Waals surface area contributed by atoms with E-state index in [0.29, 0.717) is 4.13 Å². The Hall–Kier alpha value is -0.390. The summed E-state index contributed by atoms with van der Waals surface area (Å²) in [4.78, 5) is 0. The van der Waals surface area contributed by atoms with Crippen molar-refractivity contribution in [1.82, 2.24) is 8.85 Å². The van der Waals surface area contributed by atoms with Crippen molar-refractivity contribution < 1.29 is 30.0 Å². The zero-order valence-corrected chi connectivity index (χ0v) is 7.72.